The molecule has 1 aliphatic rings. The van der Waals surface area contributed by atoms with E-state index in [9.17, 15) is 4.79 Å². The fraction of sp³-hybridized carbons (Fsp3) is 0.364. The van der Waals surface area contributed by atoms with Gasteiger partial charge in [-0.05, 0) is 24.1 Å². The second kappa shape index (κ2) is 3.85. The van der Waals surface area contributed by atoms with E-state index >= 15 is 0 Å². The molecule has 0 amide bonds. The third kappa shape index (κ3) is 2.15. The first kappa shape index (κ1) is 10.5. The summed E-state index contributed by atoms with van der Waals surface area (Å²) in [6.07, 6.45) is 0. The average molecular weight is 270 g/mol. The zero-order chi connectivity index (χ0) is 11.0. The molecule has 0 aliphatic carbocycles. The van der Waals surface area contributed by atoms with Crippen molar-refractivity contribution in [3.8, 4) is 0 Å². The highest BCUT2D eigenvalue weighted by Crippen LogP contribution is 2.28. The zero-order valence-corrected chi connectivity index (χ0v) is 9.99. The Morgan fingerprint density at radius 1 is 1.47 bits per heavy atom. The lowest BCUT2D eigenvalue weighted by Crippen LogP contribution is -2.45. The van der Waals surface area contributed by atoms with Gasteiger partial charge in [-0.15, -0.1) is 0 Å². The van der Waals surface area contributed by atoms with Crippen LogP contribution in [0.15, 0.2) is 22.7 Å². The molecule has 1 heterocycles. The molecule has 1 aliphatic heterocycles. The molecule has 2 rings (SSSR count). The maximum atomic E-state index is 10.9. The van der Waals surface area contributed by atoms with E-state index in [0.29, 0.717) is 11.5 Å². The molecule has 1 N–H and O–H groups in total. The molecule has 4 heteroatoms. The summed E-state index contributed by atoms with van der Waals surface area (Å²) in [6.45, 7) is 4.21. The predicted octanol–water partition coefficient (Wildman–Crippen LogP) is 2.60. The highest BCUT2D eigenvalue weighted by molar-refractivity contribution is 9.10. The van der Waals surface area contributed by atoms with E-state index < -0.39 is 5.97 Å². The molecule has 0 atom stereocenters. The minimum atomic E-state index is -0.883. The summed E-state index contributed by atoms with van der Waals surface area (Å²) >= 11 is 3.33. The summed E-state index contributed by atoms with van der Waals surface area (Å²) in [7, 11) is 0. The van der Waals surface area contributed by atoms with Crippen molar-refractivity contribution in [1.29, 1.82) is 0 Å². The van der Waals surface area contributed by atoms with Crippen molar-refractivity contribution in [2.45, 2.75) is 6.92 Å². The van der Waals surface area contributed by atoms with Crippen molar-refractivity contribution >= 4 is 27.6 Å². The van der Waals surface area contributed by atoms with Crippen molar-refractivity contribution in [1.82, 2.24) is 0 Å². The molecule has 3 nitrogen and oxygen atoms in total. The van der Waals surface area contributed by atoms with Crippen LogP contribution in [0.2, 0.25) is 0 Å². The van der Waals surface area contributed by atoms with Crippen molar-refractivity contribution in [2.75, 3.05) is 18.0 Å². The van der Waals surface area contributed by atoms with E-state index in [1.807, 2.05) is 6.07 Å². The fourth-order valence-electron chi connectivity index (χ4n) is 1.79. The highest BCUT2D eigenvalue weighted by Gasteiger charge is 2.23. The van der Waals surface area contributed by atoms with Gasteiger partial charge >= 0.3 is 5.97 Å². The maximum Gasteiger partial charge on any atom is 0.335 e. The number of anilines is 1. The van der Waals surface area contributed by atoms with Crippen LogP contribution >= 0.6 is 15.9 Å². The van der Waals surface area contributed by atoms with E-state index in [2.05, 4.69) is 27.8 Å². The van der Waals surface area contributed by atoms with Gasteiger partial charge in [0.2, 0.25) is 0 Å². The van der Waals surface area contributed by atoms with Gasteiger partial charge in [0.15, 0.2) is 0 Å². The first-order valence-electron chi connectivity index (χ1n) is 4.85. The van der Waals surface area contributed by atoms with E-state index in [-0.39, 0.29) is 0 Å². The van der Waals surface area contributed by atoms with Crippen LogP contribution in [0.4, 0.5) is 5.69 Å². The number of carboxylic acid groups (broad SMARTS) is 1. The van der Waals surface area contributed by atoms with Gasteiger partial charge in [0.1, 0.15) is 0 Å². The monoisotopic (exact) mass is 269 g/mol. The van der Waals surface area contributed by atoms with E-state index in [0.717, 1.165) is 23.2 Å². The van der Waals surface area contributed by atoms with Crippen molar-refractivity contribution in [3.05, 3.63) is 28.2 Å². The molecule has 15 heavy (non-hydrogen) atoms. The molecule has 0 bridgehead atoms. The molecular weight excluding hydrogens is 258 g/mol. The summed E-state index contributed by atoms with van der Waals surface area (Å²) in [6, 6.07) is 5.30. The van der Waals surface area contributed by atoms with Crippen LogP contribution in [0.3, 0.4) is 0 Å². The van der Waals surface area contributed by atoms with Crippen LogP contribution in [0, 0.1) is 5.92 Å². The highest BCUT2D eigenvalue weighted by atomic mass is 79.9. The van der Waals surface area contributed by atoms with Gasteiger partial charge < -0.3 is 10.0 Å². The number of aromatic carboxylic acids is 1. The van der Waals surface area contributed by atoms with Crippen molar-refractivity contribution in [2.24, 2.45) is 5.92 Å². The second-order valence-corrected chi connectivity index (χ2v) is 4.93. The number of rotatable bonds is 2. The lowest BCUT2D eigenvalue weighted by molar-refractivity contribution is 0.0697. The molecule has 1 fully saturated rings. The number of hydrogen-bond donors (Lipinski definition) is 1. The Morgan fingerprint density at radius 2 is 2.13 bits per heavy atom. The smallest absolute Gasteiger partial charge is 0.335 e. The second-order valence-electron chi connectivity index (χ2n) is 4.01. The molecule has 1 saturated heterocycles. The van der Waals surface area contributed by atoms with Crippen LogP contribution in [-0.2, 0) is 0 Å². The van der Waals surface area contributed by atoms with Crippen LogP contribution in [0.25, 0.3) is 0 Å². The van der Waals surface area contributed by atoms with Crippen LogP contribution in [0.1, 0.15) is 17.3 Å². The largest absolute Gasteiger partial charge is 0.478 e. The van der Waals surface area contributed by atoms with Gasteiger partial charge in [-0.1, -0.05) is 22.9 Å². The Balaban J connectivity index is 2.28. The Bertz CT molecular complexity index is 400. The summed E-state index contributed by atoms with van der Waals surface area (Å²) in [4.78, 5) is 13.0. The number of carbonyl (C=O) groups is 1. The first-order chi connectivity index (χ1) is 7.06. The molecular formula is C11H12BrNO2. The predicted molar refractivity (Wildman–Crippen MR) is 62.5 cm³/mol. The third-order valence-corrected chi connectivity index (χ3v) is 3.02. The van der Waals surface area contributed by atoms with Gasteiger partial charge in [-0.25, -0.2) is 4.79 Å². The third-order valence-electron chi connectivity index (χ3n) is 2.56. The van der Waals surface area contributed by atoms with Gasteiger partial charge in [-0.2, -0.15) is 0 Å². The normalized spacial score (nSPS) is 16.3. The molecule has 80 valence electrons. The Morgan fingerprint density at radius 3 is 2.67 bits per heavy atom. The van der Waals surface area contributed by atoms with E-state index in [1.54, 1.807) is 12.1 Å². The van der Waals surface area contributed by atoms with Crippen molar-refractivity contribution < 1.29 is 9.90 Å². The number of benzene rings is 1. The standard InChI is InChI=1S/C11H12BrNO2/c1-7-5-13(6-7)10-3-8(11(14)15)2-9(12)4-10/h2-4,7H,5-6H2,1H3,(H,14,15). The minimum Gasteiger partial charge on any atom is -0.478 e. The van der Waals surface area contributed by atoms with Gasteiger partial charge in [0, 0.05) is 23.2 Å². The average Bonchev–Trinajstić information content (AvgIpc) is 2.12. The van der Waals surface area contributed by atoms with Gasteiger partial charge in [0.05, 0.1) is 5.56 Å². The first-order valence-corrected chi connectivity index (χ1v) is 5.64. The topological polar surface area (TPSA) is 40.5 Å². The number of nitrogens with zero attached hydrogens (tertiary/aromatic N) is 1. The van der Waals surface area contributed by atoms with Crippen molar-refractivity contribution in [3.63, 3.8) is 0 Å². The SMILES string of the molecule is CC1CN(c2cc(Br)cc(C(=O)O)c2)C1. The van der Waals surface area contributed by atoms with Crippen LogP contribution in [-0.4, -0.2) is 24.2 Å². The lowest BCUT2D eigenvalue weighted by atomic mass is 10.0. The van der Waals surface area contributed by atoms with Gasteiger partial charge in [0.25, 0.3) is 0 Å². The Hall–Kier alpha value is -1.03. The van der Waals surface area contributed by atoms with E-state index in [4.69, 9.17) is 5.11 Å². The molecule has 1 aromatic rings. The molecule has 1 aromatic carbocycles. The number of halogens is 1. The Kier molecular flexibility index (Phi) is 2.69. The maximum absolute atomic E-state index is 10.9. The molecule has 0 aromatic heterocycles. The summed E-state index contributed by atoms with van der Waals surface area (Å²) < 4.78 is 0.817. The van der Waals surface area contributed by atoms with Crippen LogP contribution in [0.5, 0.6) is 0 Å². The molecule has 0 radical (unpaired) electrons. The summed E-state index contributed by atoms with van der Waals surface area (Å²) in [5.74, 6) is -0.177. The zero-order valence-electron chi connectivity index (χ0n) is 8.40. The fourth-order valence-corrected chi connectivity index (χ4v) is 2.27. The lowest BCUT2D eigenvalue weighted by Gasteiger charge is -2.39. The molecule has 0 spiro atoms. The summed E-state index contributed by atoms with van der Waals surface area (Å²) in [5.41, 5.74) is 1.32. The van der Waals surface area contributed by atoms with Crippen LogP contribution < -0.4 is 4.90 Å². The number of carboxylic acids is 1. The molecule has 0 saturated carbocycles. The molecule has 0 unspecified atom stereocenters. The summed E-state index contributed by atoms with van der Waals surface area (Å²) in [5, 5.41) is 8.92. The van der Waals surface area contributed by atoms with E-state index in [1.165, 1.54) is 0 Å². The quantitative estimate of drug-likeness (QED) is 0.898. The van der Waals surface area contributed by atoms with Gasteiger partial charge in [-0.3, -0.25) is 0 Å². The number of hydrogen-bond acceptors (Lipinski definition) is 2. The Labute approximate surface area is 96.8 Å². The minimum absolute atomic E-state index is 0.332.